The molecule has 45 heteroatoms. The Bertz CT molecular complexity index is 3090. The quantitative estimate of drug-likeness (QED) is 0.0153. The van der Waals surface area contributed by atoms with Crippen LogP contribution in [0.4, 0.5) is 4.79 Å². The van der Waals surface area contributed by atoms with E-state index < -0.39 is 228 Å². The van der Waals surface area contributed by atoms with E-state index in [2.05, 4.69) is 68.3 Å². The Labute approximate surface area is 588 Å². The van der Waals surface area contributed by atoms with Crippen LogP contribution >= 0.6 is 19.6 Å². The van der Waals surface area contributed by atoms with Crippen LogP contribution in [-0.4, -0.2) is 278 Å². The Morgan fingerprint density at radius 2 is 0.990 bits per heavy atom. The number of phosphoric ester groups is 1. The molecule has 0 aliphatic carbocycles. The van der Waals surface area contributed by atoms with Crippen LogP contribution in [0.5, 0.6) is 0 Å². The standard InChI is InChI=1S/C57H95N18O25PS/c1-25(2)13-28(65-47(86)27(5)63-52(91)33(20-77)64-44(84)18-62-43(83)17-61-42(82)11-7-6-10-39-45-37(24-102-39)73-57(96)74-45)49(88)70-34(21-78)53(92)71-35(22-79)54(93)72-36(23-100-101(97,98)99)56(95)75-12-8-9-38(75)55(94)68-31(16-41(59)81)51(90)67-30(15-40(58)80)50(89)66-29(14-26(3)4)48(87)69-32(19-76)46(60)85/h25-39,45,76-79H,6-24H2,1-5H3,(H2,58,80)(H2,59,81)(H2,60,85)(H,61,82)(H,62,83)(H,63,91)(H,64,84)(H,65,86)(H,66,89)(H,67,90)(H,68,94)(H,69,87)(H,70,88)(H,71,92)(H,72,93)(H2,73,74,96)(H2,97,98,99)/t27-,28-,29-,30-,31-,32-,33-,34-,35-,36-,37-,38-,39-,45-/m0/s1. The van der Waals surface area contributed by atoms with Gasteiger partial charge in [-0.05, 0) is 57.3 Å². The molecule has 0 bridgehead atoms. The topological polar surface area (TPSA) is 688 Å². The monoisotopic (exact) mass is 1490 g/mol. The SMILES string of the molecule is CC(C)C[C@H](NC(=O)[C@H](C)NC(=O)[C@H](CO)NC(=O)CNC(=O)CNC(=O)CCCC[C@@H]1SC[C@@H]2NC(=O)N[C@@H]21)C(=O)N[C@@H](CO)C(=O)N[C@@H](CO)C(=O)N[C@@H](COP(=O)(O)O)C(=O)N1CCC[C@H]1C(=O)N[C@@H](CC(N)=O)C(=O)N[C@@H](CC(N)=O)C(=O)N[C@@H](CC(C)C)C(=O)N[C@@H](CO)C(N)=O. The molecule has 0 radical (unpaired) electrons. The first-order valence-electron chi connectivity index (χ1n) is 32.4. The molecule has 14 atom stereocenters. The van der Waals surface area contributed by atoms with E-state index in [1.165, 1.54) is 0 Å². The number of nitrogens with zero attached hydrogens (tertiary/aromatic N) is 1. The third-order valence-electron chi connectivity index (χ3n) is 15.7. The van der Waals surface area contributed by atoms with Crippen LogP contribution in [0.25, 0.3) is 0 Å². The maximum atomic E-state index is 14.2. The van der Waals surface area contributed by atoms with E-state index in [-0.39, 0.29) is 73.8 Å². The number of unbranched alkanes of at least 4 members (excludes halogenated alkanes) is 1. The number of carbonyl (C=O) groups is 17. The third-order valence-corrected chi connectivity index (χ3v) is 17.6. The van der Waals surface area contributed by atoms with E-state index in [9.17, 15) is 116 Å². The Hall–Kier alpha value is -8.91. The molecule has 0 saturated carbocycles. The summed E-state index contributed by atoms with van der Waals surface area (Å²) in [4.78, 5) is 242. The minimum atomic E-state index is -5.49. The number of phosphoric acid groups is 1. The number of carbonyl (C=O) groups excluding carboxylic acids is 17. The summed E-state index contributed by atoms with van der Waals surface area (Å²) in [5.41, 5.74) is 15.9. The largest absolute Gasteiger partial charge is 0.469 e. The molecule has 3 aliphatic heterocycles. The Balaban J connectivity index is 1.64. The average Bonchev–Trinajstić information content (AvgIpc) is 1.57. The molecule has 574 valence electrons. The molecule has 0 aromatic heterocycles. The van der Waals surface area contributed by atoms with Crippen molar-refractivity contribution in [1.29, 1.82) is 0 Å². The lowest BCUT2D eigenvalue weighted by molar-refractivity contribution is -0.143. The summed E-state index contributed by atoms with van der Waals surface area (Å²) in [5, 5.41) is 72.5. The fraction of sp³-hybridized carbons (Fsp3) is 0.702. The number of urea groups is 1. The minimum Gasteiger partial charge on any atom is -0.394 e. The normalized spacial score (nSPS) is 19.1. The number of aliphatic hydroxyl groups is 4. The lowest BCUT2D eigenvalue weighted by Crippen LogP contribution is -2.62. The van der Waals surface area contributed by atoms with E-state index in [0.717, 1.165) is 24.0 Å². The molecule has 0 aromatic rings. The van der Waals surface area contributed by atoms with Gasteiger partial charge in [-0.1, -0.05) is 34.1 Å². The smallest absolute Gasteiger partial charge is 0.394 e. The number of rotatable bonds is 45. The zero-order valence-corrected chi connectivity index (χ0v) is 58.4. The molecule has 3 rings (SSSR count). The van der Waals surface area contributed by atoms with E-state index in [1.807, 2.05) is 10.6 Å². The molecule has 3 fully saturated rings. The van der Waals surface area contributed by atoms with Gasteiger partial charge in [0.25, 0.3) is 0 Å². The zero-order valence-electron chi connectivity index (χ0n) is 56.6. The summed E-state index contributed by atoms with van der Waals surface area (Å²) in [6.45, 7) is 0.403. The summed E-state index contributed by atoms with van der Waals surface area (Å²) in [7, 11) is -5.49. The van der Waals surface area contributed by atoms with Crippen molar-refractivity contribution in [3.63, 3.8) is 0 Å². The van der Waals surface area contributed by atoms with Crippen molar-refractivity contribution in [2.45, 2.75) is 183 Å². The Morgan fingerprint density at radius 1 is 0.549 bits per heavy atom. The van der Waals surface area contributed by atoms with Gasteiger partial charge in [-0.3, -0.25) is 81.2 Å². The van der Waals surface area contributed by atoms with Gasteiger partial charge in [0.1, 0.15) is 66.5 Å². The fourth-order valence-corrected chi connectivity index (χ4v) is 12.4. The highest BCUT2D eigenvalue weighted by Crippen LogP contribution is 2.36. The van der Waals surface area contributed by atoms with E-state index >= 15 is 0 Å². The fourth-order valence-electron chi connectivity index (χ4n) is 10.5. The van der Waals surface area contributed by atoms with Crippen LogP contribution in [0, 0.1) is 11.8 Å². The zero-order chi connectivity index (χ0) is 76.9. The molecule has 3 saturated heterocycles. The van der Waals surface area contributed by atoms with Crippen molar-refractivity contribution >= 4 is 120 Å². The molecule has 102 heavy (non-hydrogen) atoms. The van der Waals surface area contributed by atoms with Gasteiger partial charge in [0.15, 0.2) is 0 Å². The first-order chi connectivity index (χ1) is 47.8. The number of aliphatic hydroxyl groups excluding tert-OH is 4. The lowest BCUT2D eigenvalue weighted by Gasteiger charge is -2.30. The number of nitrogens with two attached hydrogens (primary N) is 3. The number of likely N-dealkylation sites (tertiary alicyclic amines) is 1. The van der Waals surface area contributed by atoms with Gasteiger partial charge in [0.2, 0.25) is 94.5 Å². The number of amides is 18. The van der Waals surface area contributed by atoms with Crippen LogP contribution in [0.15, 0.2) is 0 Å². The van der Waals surface area contributed by atoms with Gasteiger partial charge in [0, 0.05) is 24.0 Å². The molecular weight excluding hydrogens is 1400 g/mol. The molecule has 0 unspecified atom stereocenters. The predicted molar refractivity (Wildman–Crippen MR) is 352 cm³/mol. The maximum Gasteiger partial charge on any atom is 0.469 e. The summed E-state index contributed by atoms with van der Waals surface area (Å²) >= 11 is 1.74. The van der Waals surface area contributed by atoms with E-state index in [4.69, 9.17) is 17.2 Å². The molecule has 3 aliphatic rings. The molecule has 18 amide bonds. The number of thioether (sulfide) groups is 1. The highest BCUT2D eigenvalue weighted by Gasteiger charge is 2.44. The average molecular weight is 1500 g/mol. The van der Waals surface area contributed by atoms with Crippen molar-refractivity contribution in [2.24, 2.45) is 29.0 Å². The molecule has 43 nitrogen and oxygen atoms in total. The van der Waals surface area contributed by atoms with Gasteiger partial charge in [-0.25, -0.2) is 9.36 Å². The molecule has 3 heterocycles. The first kappa shape index (κ1) is 87.3. The highest BCUT2D eigenvalue weighted by atomic mass is 32.2. The first-order valence-corrected chi connectivity index (χ1v) is 34.9. The van der Waals surface area contributed by atoms with Gasteiger partial charge in [-0.2, -0.15) is 11.8 Å². The van der Waals surface area contributed by atoms with Gasteiger partial charge in [-0.15, -0.1) is 0 Å². The van der Waals surface area contributed by atoms with Crippen molar-refractivity contribution in [2.75, 3.05) is 58.4 Å². The lowest BCUT2D eigenvalue weighted by atomic mass is 10.0. The van der Waals surface area contributed by atoms with Crippen molar-refractivity contribution in [1.82, 2.24) is 79.3 Å². The van der Waals surface area contributed by atoms with Crippen molar-refractivity contribution < 1.29 is 121 Å². The predicted octanol–water partition coefficient (Wildman–Crippen LogP) is -11.8. The summed E-state index contributed by atoms with van der Waals surface area (Å²) < 4.78 is 16.4. The molecule has 26 N–H and O–H groups in total. The minimum absolute atomic E-state index is 0.00221. The highest BCUT2D eigenvalue weighted by molar-refractivity contribution is 8.00. The van der Waals surface area contributed by atoms with Gasteiger partial charge < -0.3 is 127 Å². The maximum absolute atomic E-state index is 14.2. The summed E-state index contributed by atoms with van der Waals surface area (Å²) in [6, 6.07) is -19.7. The van der Waals surface area contributed by atoms with E-state index in [1.54, 1.807) is 39.5 Å². The van der Waals surface area contributed by atoms with Crippen LogP contribution in [0.3, 0.4) is 0 Å². The molecule has 0 spiro atoms. The van der Waals surface area contributed by atoms with Gasteiger partial charge in [0.05, 0.1) is 71.0 Å². The molecule has 0 aromatic carbocycles. The summed E-state index contributed by atoms with van der Waals surface area (Å²) in [6.07, 6.45) is -0.312. The molecular formula is C57H95N18O25PS. The van der Waals surface area contributed by atoms with Crippen LogP contribution in [-0.2, 0) is 85.8 Å². The number of fused-ring (bicyclic) bond motifs is 1. The van der Waals surface area contributed by atoms with E-state index in [0.29, 0.717) is 12.8 Å². The van der Waals surface area contributed by atoms with Crippen LogP contribution in [0.2, 0.25) is 0 Å². The summed E-state index contributed by atoms with van der Waals surface area (Å²) in [5.74, 6) is -17.8. The number of hydrogen-bond acceptors (Lipinski definition) is 24. The second-order valence-corrected chi connectivity index (χ2v) is 27.5. The van der Waals surface area contributed by atoms with Crippen LogP contribution in [0.1, 0.15) is 98.8 Å². The number of hydrogen-bond donors (Lipinski definition) is 23. The second kappa shape index (κ2) is 42.5. The van der Waals surface area contributed by atoms with Crippen molar-refractivity contribution in [3.8, 4) is 0 Å². The second-order valence-electron chi connectivity index (χ2n) is 25.0. The Kier molecular flexibility index (Phi) is 36.4. The number of nitrogens with one attached hydrogen (secondary N) is 14. The van der Waals surface area contributed by atoms with Gasteiger partial charge >= 0.3 is 13.9 Å². The van der Waals surface area contributed by atoms with Crippen LogP contribution < -0.4 is 91.6 Å². The third kappa shape index (κ3) is 30.0. The van der Waals surface area contributed by atoms with Crippen molar-refractivity contribution in [3.05, 3.63) is 0 Å². The number of primary amides is 3. The Morgan fingerprint density at radius 3 is 1.50 bits per heavy atom.